The number of likely N-dealkylation sites (tertiary alicyclic amines) is 1. The predicted octanol–water partition coefficient (Wildman–Crippen LogP) is 2.27. The number of hydrogen-bond acceptors (Lipinski definition) is 4. The highest BCUT2D eigenvalue weighted by Crippen LogP contribution is 2.51. The van der Waals surface area contributed by atoms with Crippen LogP contribution in [0.4, 0.5) is 0 Å². The molecule has 3 heterocycles. The molecule has 4 fully saturated rings. The molecule has 5 heteroatoms. The fraction of sp³-hybridized carbons (Fsp3) is 0.579. The van der Waals surface area contributed by atoms with Crippen molar-refractivity contribution in [3.05, 3.63) is 40.4 Å². The van der Waals surface area contributed by atoms with Gasteiger partial charge in [-0.15, -0.1) is 0 Å². The molecule has 1 N–H and O–H groups in total. The van der Waals surface area contributed by atoms with Gasteiger partial charge in [-0.05, 0) is 61.5 Å². The second-order valence-corrected chi connectivity index (χ2v) is 7.87. The van der Waals surface area contributed by atoms with E-state index in [4.69, 9.17) is 0 Å². The molecule has 3 aliphatic carbocycles. The Kier molecular flexibility index (Phi) is 3.20. The summed E-state index contributed by atoms with van der Waals surface area (Å²) < 4.78 is 1.41. The SMILES string of the molecule is O=c1cc(CN2C[C@@H]3C4CCC(CC4)[C@@H]3C2)nc2c(O)cccn12. The lowest BCUT2D eigenvalue weighted by molar-refractivity contribution is 0.0577. The van der Waals surface area contributed by atoms with Gasteiger partial charge >= 0.3 is 0 Å². The molecule has 0 aromatic carbocycles. The molecule has 1 saturated heterocycles. The maximum absolute atomic E-state index is 12.3. The summed E-state index contributed by atoms with van der Waals surface area (Å²) in [7, 11) is 0. The minimum atomic E-state index is -0.123. The zero-order chi connectivity index (χ0) is 16.3. The van der Waals surface area contributed by atoms with E-state index in [-0.39, 0.29) is 11.3 Å². The van der Waals surface area contributed by atoms with Crippen molar-refractivity contribution < 1.29 is 5.11 Å². The van der Waals surface area contributed by atoms with Gasteiger partial charge in [-0.1, -0.05) is 0 Å². The quantitative estimate of drug-likeness (QED) is 0.920. The number of nitrogens with zero attached hydrogens (tertiary/aromatic N) is 3. The van der Waals surface area contributed by atoms with Gasteiger partial charge in [0.05, 0.1) is 5.69 Å². The minimum absolute atomic E-state index is 0.0598. The molecule has 126 valence electrons. The number of aromatic nitrogens is 2. The average molecular weight is 325 g/mol. The molecule has 2 atom stereocenters. The zero-order valence-corrected chi connectivity index (χ0v) is 13.8. The van der Waals surface area contributed by atoms with Gasteiger partial charge in [0.1, 0.15) is 0 Å². The van der Waals surface area contributed by atoms with Crippen molar-refractivity contribution in [2.24, 2.45) is 23.7 Å². The predicted molar refractivity (Wildman–Crippen MR) is 90.8 cm³/mol. The van der Waals surface area contributed by atoms with E-state index < -0.39 is 0 Å². The number of hydrogen-bond donors (Lipinski definition) is 1. The van der Waals surface area contributed by atoms with Gasteiger partial charge < -0.3 is 5.11 Å². The molecule has 2 aromatic heterocycles. The van der Waals surface area contributed by atoms with Crippen LogP contribution in [-0.4, -0.2) is 32.5 Å². The van der Waals surface area contributed by atoms with E-state index in [2.05, 4.69) is 9.88 Å². The van der Waals surface area contributed by atoms with Gasteiger partial charge in [0.15, 0.2) is 11.4 Å². The second-order valence-electron chi connectivity index (χ2n) is 7.87. The molecule has 0 unspecified atom stereocenters. The van der Waals surface area contributed by atoms with E-state index in [1.807, 2.05) is 0 Å². The number of pyridine rings is 1. The van der Waals surface area contributed by atoms with Crippen LogP contribution in [0.1, 0.15) is 31.4 Å². The van der Waals surface area contributed by atoms with Crippen LogP contribution in [0.2, 0.25) is 0 Å². The lowest BCUT2D eigenvalue weighted by atomic mass is 9.60. The third-order valence-electron chi connectivity index (χ3n) is 6.62. The number of fused-ring (bicyclic) bond motifs is 3. The van der Waals surface area contributed by atoms with Crippen molar-refractivity contribution in [3.63, 3.8) is 0 Å². The van der Waals surface area contributed by atoms with Crippen molar-refractivity contribution in [2.45, 2.75) is 32.2 Å². The van der Waals surface area contributed by atoms with Crippen LogP contribution < -0.4 is 5.56 Å². The monoisotopic (exact) mass is 325 g/mol. The van der Waals surface area contributed by atoms with Crippen molar-refractivity contribution in [2.75, 3.05) is 13.1 Å². The fourth-order valence-electron chi connectivity index (χ4n) is 5.54. The minimum Gasteiger partial charge on any atom is -0.504 e. The van der Waals surface area contributed by atoms with Gasteiger partial charge in [0, 0.05) is 31.9 Å². The van der Waals surface area contributed by atoms with Gasteiger partial charge in [0.2, 0.25) is 0 Å². The van der Waals surface area contributed by atoms with Crippen LogP contribution >= 0.6 is 0 Å². The normalized spacial score (nSPS) is 32.3. The summed E-state index contributed by atoms with van der Waals surface area (Å²) in [5.74, 6) is 3.61. The maximum atomic E-state index is 12.3. The molecular formula is C19H23N3O2. The largest absolute Gasteiger partial charge is 0.504 e. The molecule has 3 saturated carbocycles. The zero-order valence-electron chi connectivity index (χ0n) is 13.8. The van der Waals surface area contributed by atoms with E-state index in [9.17, 15) is 9.90 Å². The van der Waals surface area contributed by atoms with E-state index in [1.54, 1.807) is 24.4 Å². The molecule has 1 aliphatic heterocycles. The molecule has 0 spiro atoms. The lowest BCUT2D eigenvalue weighted by Gasteiger charge is -2.45. The molecule has 6 rings (SSSR count). The first-order valence-electron chi connectivity index (χ1n) is 9.11. The highest BCUT2D eigenvalue weighted by atomic mass is 16.3. The van der Waals surface area contributed by atoms with Crippen LogP contribution in [0.25, 0.3) is 5.65 Å². The molecule has 2 bridgehead atoms. The molecule has 2 aromatic rings. The maximum Gasteiger partial charge on any atom is 0.258 e. The number of rotatable bonds is 2. The Labute approximate surface area is 140 Å². The summed E-state index contributed by atoms with van der Waals surface area (Å²) in [6.07, 6.45) is 7.33. The summed E-state index contributed by atoms with van der Waals surface area (Å²) in [5, 5.41) is 9.99. The molecule has 0 radical (unpaired) electrons. The first kappa shape index (κ1) is 14.5. The van der Waals surface area contributed by atoms with E-state index in [1.165, 1.54) is 30.1 Å². The van der Waals surface area contributed by atoms with E-state index in [0.717, 1.165) is 42.5 Å². The van der Waals surface area contributed by atoms with Gasteiger partial charge in [-0.25, -0.2) is 4.98 Å². The van der Waals surface area contributed by atoms with E-state index >= 15 is 0 Å². The summed E-state index contributed by atoms with van der Waals surface area (Å²) >= 11 is 0. The Hall–Kier alpha value is -1.88. The Bertz CT molecular complexity index is 818. The number of aromatic hydroxyl groups is 1. The fourth-order valence-corrected chi connectivity index (χ4v) is 5.54. The summed E-state index contributed by atoms with van der Waals surface area (Å²) in [6.45, 7) is 3.01. The highest BCUT2D eigenvalue weighted by Gasteiger charge is 2.47. The van der Waals surface area contributed by atoms with Crippen molar-refractivity contribution in [1.82, 2.24) is 14.3 Å². The summed E-state index contributed by atoms with van der Waals surface area (Å²) in [5.41, 5.74) is 1.01. The molecule has 0 amide bonds. The Morgan fingerprint density at radius 1 is 1.12 bits per heavy atom. The van der Waals surface area contributed by atoms with Gasteiger partial charge in [-0.2, -0.15) is 0 Å². The summed E-state index contributed by atoms with van der Waals surface area (Å²) in [6, 6.07) is 4.85. The first-order valence-corrected chi connectivity index (χ1v) is 9.11. The Morgan fingerprint density at radius 2 is 1.79 bits per heavy atom. The van der Waals surface area contributed by atoms with Crippen molar-refractivity contribution in [1.29, 1.82) is 0 Å². The third-order valence-corrected chi connectivity index (χ3v) is 6.62. The topological polar surface area (TPSA) is 57.8 Å². The third kappa shape index (κ3) is 2.18. The van der Waals surface area contributed by atoms with Gasteiger partial charge in [-0.3, -0.25) is 14.1 Å². The molecule has 24 heavy (non-hydrogen) atoms. The van der Waals surface area contributed by atoms with Gasteiger partial charge in [0.25, 0.3) is 5.56 Å². The molecule has 5 nitrogen and oxygen atoms in total. The van der Waals surface area contributed by atoms with Crippen LogP contribution in [0.3, 0.4) is 0 Å². The standard InChI is InChI=1S/C19H23N3O2/c23-17-2-1-7-22-18(24)8-14(20-19(17)22)9-21-10-15-12-3-4-13(6-5-12)16(15)11-21/h1-2,7-8,12-13,15-16,23H,3-6,9-11H2/t12?,13?,15-,16+. The lowest BCUT2D eigenvalue weighted by Crippen LogP contribution is -2.38. The Balaban J connectivity index is 1.42. The van der Waals surface area contributed by atoms with Crippen LogP contribution in [0.5, 0.6) is 5.75 Å². The average Bonchev–Trinajstić information content (AvgIpc) is 3.02. The molecule has 4 aliphatic rings. The van der Waals surface area contributed by atoms with Crippen LogP contribution in [0, 0.1) is 23.7 Å². The highest BCUT2D eigenvalue weighted by molar-refractivity contribution is 5.52. The second kappa shape index (κ2) is 5.31. The smallest absolute Gasteiger partial charge is 0.258 e. The molecular weight excluding hydrogens is 302 g/mol. The summed E-state index contributed by atoms with van der Waals surface area (Å²) in [4.78, 5) is 19.3. The van der Waals surface area contributed by atoms with Crippen molar-refractivity contribution in [3.8, 4) is 5.75 Å². The first-order chi connectivity index (χ1) is 11.7. The van der Waals surface area contributed by atoms with Crippen LogP contribution in [0.15, 0.2) is 29.2 Å². The Morgan fingerprint density at radius 3 is 2.46 bits per heavy atom. The van der Waals surface area contributed by atoms with E-state index in [0.29, 0.717) is 12.2 Å². The van der Waals surface area contributed by atoms with Crippen LogP contribution in [-0.2, 0) is 6.54 Å². The van der Waals surface area contributed by atoms with Crippen molar-refractivity contribution >= 4 is 5.65 Å².